The maximum absolute atomic E-state index is 11.5. The van der Waals surface area contributed by atoms with E-state index in [-0.39, 0.29) is 11.9 Å². The molecule has 0 aliphatic heterocycles. The Hall–Kier alpha value is -1.30. The van der Waals surface area contributed by atoms with Gasteiger partial charge in [0.25, 0.3) is 0 Å². The summed E-state index contributed by atoms with van der Waals surface area (Å²) in [5, 5.41) is 5.45. The van der Waals surface area contributed by atoms with Crippen LogP contribution in [0, 0.1) is 5.92 Å². The molecule has 0 aromatic heterocycles. The fourth-order valence-corrected chi connectivity index (χ4v) is 1.42. The first kappa shape index (κ1) is 16.7. The molecule has 0 aromatic rings. The zero-order chi connectivity index (χ0) is 14.0. The zero-order valence-electron chi connectivity index (χ0n) is 11.7. The highest BCUT2D eigenvalue weighted by Gasteiger charge is 2.06. The van der Waals surface area contributed by atoms with Gasteiger partial charge in [-0.3, -0.25) is 4.79 Å². The molecule has 0 saturated heterocycles. The highest BCUT2D eigenvalue weighted by molar-refractivity contribution is 5.76. The van der Waals surface area contributed by atoms with E-state index in [0.717, 1.165) is 12.8 Å². The minimum atomic E-state index is -0.152. The molecule has 0 spiro atoms. The monoisotopic (exact) mass is 258 g/mol. The molecule has 1 atom stereocenters. The third-order valence-corrected chi connectivity index (χ3v) is 2.65. The summed E-state index contributed by atoms with van der Waals surface area (Å²) in [5.41, 5.74) is 5.44. The first-order chi connectivity index (χ1) is 8.47. The van der Waals surface area contributed by atoms with E-state index in [0.29, 0.717) is 32.0 Å². The van der Waals surface area contributed by atoms with Crippen LogP contribution in [0.2, 0.25) is 0 Å². The van der Waals surface area contributed by atoms with Crippen LogP contribution in [0.5, 0.6) is 0 Å². The number of hydrogen-bond acceptors (Lipinski definition) is 3. The van der Waals surface area contributed by atoms with Crippen molar-refractivity contribution >= 4 is 11.9 Å². The number of nitrogens with zero attached hydrogens (tertiary/aromatic N) is 1. The van der Waals surface area contributed by atoms with Gasteiger partial charge in [0.1, 0.15) is 0 Å². The average Bonchev–Trinajstić information content (AvgIpc) is 2.32. The molecule has 0 bridgehead atoms. The summed E-state index contributed by atoms with van der Waals surface area (Å²) < 4.78 is 0. The van der Waals surface area contributed by atoms with Gasteiger partial charge in [-0.15, -0.1) is 0 Å². The van der Waals surface area contributed by atoms with E-state index in [2.05, 4.69) is 17.6 Å². The number of nitrogens with two attached hydrogens (primary N) is 1. The van der Waals surface area contributed by atoms with E-state index >= 15 is 0 Å². The van der Waals surface area contributed by atoms with E-state index in [1.807, 2.05) is 0 Å². The van der Waals surface area contributed by atoms with Crippen molar-refractivity contribution < 1.29 is 9.59 Å². The molecule has 0 saturated carbocycles. The predicted molar refractivity (Wildman–Crippen MR) is 72.2 cm³/mol. The van der Waals surface area contributed by atoms with Crippen molar-refractivity contribution in [2.75, 3.05) is 33.7 Å². The number of carbonyl (C=O) groups is 2. The molecule has 3 amide bonds. The third-order valence-electron chi connectivity index (χ3n) is 2.65. The molecule has 106 valence electrons. The summed E-state index contributed by atoms with van der Waals surface area (Å²) in [6, 6.07) is -0.152. The van der Waals surface area contributed by atoms with E-state index in [1.165, 1.54) is 4.90 Å². The molecule has 0 fully saturated rings. The Balaban J connectivity index is 3.51. The van der Waals surface area contributed by atoms with Crippen molar-refractivity contribution in [3.63, 3.8) is 0 Å². The summed E-state index contributed by atoms with van der Waals surface area (Å²) in [4.78, 5) is 24.1. The molecule has 0 heterocycles. The second kappa shape index (κ2) is 9.70. The normalized spacial score (nSPS) is 11.8. The molecule has 0 radical (unpaired) electrons. The Morgan fingerprint density at radius 2 is 1.78 bits per heavy atom. The van der Waals surface area contributed by atoms with Gasteiger partial charge < -0.3 is 21.3 Å². The van der Waals surface area contributed by atoms with Gasteiger partial charge in [-0.2, -0.15) is 0 Å². The highest BCUT2D eigenvalue weighted by atomic mass is 16.2. The first-order valence-electron chi connectivity index (χ1n) is 6.39. The van der Waals surface area contributed by atoms with Crippen LogP contribution in [0.1, 0.15) is 26.2 Å². The Bertz CT molecular complexity index is 256. The van der Waals surface area contributed by atoms with Crippen LogP contribution in [-0.2, 0) is 4.79 Å². The second-order valence-electron chi connectivity index (χ2n) is 4.70. The van der Waals surface area contributed by atoms with Crippen molar-refractivity contribution in [2.24, 2.45) is 11.7 Å². The minimum absolute atomic E-state index is 0.0259. The molecule has 0 rings (SSSR count). The van der Waals surface area contributed by atoms with Crippen molar-refractivity contribution in [2.45, 2.75) is 26.2 Å². The minimum Gasteiger partial charge on any atom is -0.354 e. The van der Waals surface area contributed by atoms with Crippen LogP contribution < -0.4 is 16.4 Å². The molecule has 1 unspecified atom stereocenters. The number of amides is 3. The standard InChI is InChI=1S/C12H26N4O2/c1-10(6-7-13)4-5-11(17)14-8-9-15-12(18)16(2)3/h10H,4-9,13H2,1-3H3,(H,14,17)(H,15,18). The van der Waals surface area contributed by atoms with Crippen LogP contribution in [0.25, 0.3) is 0 Å². The van der Waals surface area contributed by atoms with Gasteiger partial charge in [-0.25, -0.2) is 4.79 Å². The topological polar surface area (TPSA) is 87.5 Å². The Kier molecular flexibility index (Phi) is 9.00. The summed E-state index contributed by atoms with van der Waals surface area (Å²) >= 11 is 0. The van der Waals surface area contributed by atoms with E-state index in [9.17, 15) is 9.59 Å². The van der Waals surface area contributed by atoms with E-state index in [4.69, 9.17) is 5.73 Å². The maximum atomic E-state index is 11.5. The fraction of sp³-hybridized carbons (Fsp3) is 0.833. The van der Waals surface area contributed by atoms with Crippen molar-refractivity contribution in [1.82, 2.24) is 15.5 Å². The Morgan fingerprint density at radius 3 is 2.33 bits per heavy atom. The number of urea groups is 1. The zero-order valence-corrected chi connectivity index (χ0v) is 11.7. The lowest BCUT2D eigenvalue weighted by Gasteiger charge is -2.13. The lowest BCUT2D eigenvalue weighted by atomic mass is 10.0. The highest BCUT2D eigenvalue weighted by Crippen LogP contribution is 2.08. The van der Waals surface area contributed by atoms with Gasteiger partial charge >= 0.3 is 6.03 Å². The Morgan fingerprint density at radius 1 is 1.17 bits per heavy atom. The van der Waals surface area contributed by atoms with Crippen LogP contribution in [0.4, 0.5) is 4.79 Å². The first-order valence-corrected chi connectivity index (χ1v) is 6.39. The van der Waals surface area contributed by atoms with Crippen LogP contribution in [0.3, 0.4) is 0 Å². The van der Waals surface area contributed by atoms with Crippen molar-refractivity contribution in [3.05, 3.63) is 0 Å². The van der Waals surface area contributed by atoms with E-state index in [1.54, 1.807) is 14.1 Å². The SMILES string of the molecule is CC(CCN)CCC(=O)NCCNC(=O)N(C)C. The molecule has 0 aliphatic rings. The van der Waals surface area contributed by atoms with Crippen LogP contribution in [-0.4, -0.2) is 50.6 Å². The van der Waals surface area contributed by atoms with Gasteiger partial charge in [0.15, 0.2) is 0 Å². The Labute approximate surface area is 109 Å². The second-order valence-corrected chi connectivity index (χ2v) is 4.70. The number of nitrogens with one attached hydrogen (secondary N) is 2. The molecule has 6 heteroatoms. The third kappa shape index (κ3) is 8.81. The smallest absolute Gasteiger partial charge is 0.316 e. The summed E-state index contributed by atoms with van der Waals surface area (Å²) in [6.07, 6.45) is 2.32. The molecule has 4 N–H and O–H groups in total. The van der Waals surface area contributed by atoms with Crippen LogP contribution in [0.15, 0.2) is 0 Å². The quantitative estimate of drug-likeness (QED) is 0.541. The molecular formula is C12H26N4O2. The molecule has 0 aromatic carbocycles. The van der Waals surface area contributed by atoms with Gasteiger partial charge in [-0.05, 0) is 25.3 Å². The van der Waals surface area contributed by atoms with Crippen molar-refractivity contribution in [3.8, 4) is 0 Å². The molecule has 0 aliphatic carbocycles. The number of rotatable bonds is 8. The number of hydrogen-bond donors (Lipinski definition) is 3. The fourth-order valence-electron chi connectivity index (χ4n) is 1.42. The number of carbonyl (C=O) groups excluding carboxylic acids is 2. The van der Waals surface area contributed by atoms with Crippen molar-refractivity contribution in [1.29, 1.82) is 0 Å². The summed E-state index contributed by atoms with van der Waals surface area (Å²) in [7, 11) is 3.35. The predicted octanol–water partition coefficient (Wildman–Crippen LogP) is 0.139. The van der Waals surface area contributed by atoms with E-state index < -0.39 is 0 Å². The molecule has 6 nitrogen and oxygen atoms in total. The molecule has 18 heavy (non-hydrogen) atoms. The lowest BCUT2D eigenvalue weighted by Crippen LogP contribution is -2.39. The largest absolute Gasteiger partial charge is 0.354 e. The maximum Gasteiger partial charge on any atom is 0.316 e. The lowest BCUT2D eigenvalue weighted by molar-refractivity contribution is -0.121. The van der Waals surface area contributed by atoms with Gasteiger partial charge in [0.05, 0.1) is 0 Å². The summed E-state index contributed by atoms with van der Waals surface area (Å²) in [5.74, 6) is 0.507. The average molecular weight is 258 g/mol. The van der Waals surface area contributed by atoms with Crippen LogP contribution >= 0.6 is 0 Å². The molecular weight excluding hydrogens is 232 g/mol. The van der Waals surface area contributed by atoms with Gasteiger partial charge in [0.2, 0.25) is 5.91 Å². The van der Waals surface area contributed by atoms with Gasteiger partial charge in [0, 0.05) is 33.6 Å². The van der Waals surface area contributed by atoms with Gasteiger partial charge in [-0.1, -0.05) is 6.92 Å². The summed E-state index contributed by atoms with van der Waals surface area (Å²) in [6.45, 7) is 3.67.